The van der Waals surface area contributed by atoms with Gasteiger partial charge >= 0.3 is 0 Å². The first-order valence-electron chi connectivity index (χ1n) is 8.65. The molecule has 0 amide bonds. The smallest absolute Gasteiger partial charge is 0.147 e. The number of rotatable bonds is 6. The van der Waals surface area contributed by atoms with Crippen LogP contribution in [0.5, 0.6) is 0 Å². The lowest BCUT2D eigenvalue weighted by Crippen LogP contribution is -2.39. The predicted octanol–water partition coefficient (Wildman–Crippen LogP) is 2.41. The molecule has 1 fully saturated rings. The zero-order valence-corrected chi connectivity index (χ0v) is 15.3. The zero-order chi connectivity index (χ0) is 16.9. The van der Waals surface area contributed by atoms with E-state index in [1.54, 1.807) is 0 Å². The first-order valence-corrected chi connectivity index (χ1v) is 9.97. The standard InChI is InChI=1S/C18H26N4OS/c1-15-19-16(2)22(20-15)14-17-7-6-10-21(13-17)11-12-24(23)18-8-4-3-5-9-18/h3-5,8-9,17H,6-7,10-14H2,1-2H3/t17-,24-/m1/s1. The van der Waals surface area contributed by atoms with E-state index in [4.69, 9.17) is 0 Å². The molecular weight excluding hydrogens is 320 g/mol. The molecule has 1 aliphatic rings. The zero-order valence-electron chi connectivity index (χ0n) is 14.5. The van der Waals surface area contributed by atoms with Crippen LogP contribution in [0.4, 0.5) is 0 Å². The van der Waals surface area contributed by atoms with Gasteiger partial charge in [0.2, 0.25) is 0 Å². The summed E-state index contributed by atoms with van der Waals surface area (Å²) in [6.07, 6.45) is 2.44. The molecule has 1 aromatic carbocycles. The van der Waals surface area contributed by atoms with Gasteiger partial charge in [0.15, 0.2) is 0 Å². The molecule has 3 rings (SSSR count). The Balaban J connectivity index is 1.50. The third kappa shape index (κ3) is 4.51. The van der Waals surface area contributed by atoms with Crippen molar-refractivity contribution in [2.24, 2.45) is 5.92 Å². The van der Waals surface area contributed by atoms with Gasteiger partial charge in [-0.15, -0.1) is 0 Å². The number of hydrogen-bond donors (Lipinski definition) is 0. The molecule has 0 bridgehead atoms. The van der Waals surface area contributed by atoms with Crippen LogP contribution in [-0.2, 0) is 17.3 Å². The van der Waals surface area contributed by atoms with Crippen molar-refractivity contribution in [3.05, 3.63) is 42.0 Å². The lowest BCUT2D eigenvalue weighted by molar-refractivity contribution is 0.167. The molecular formula is C18H26N4OS. The van der Waals surface area contributed by atoms with E-state index in [1.165, 1.54) is 12.8 Å². The van der Waals surface area contributed by atoms with Crippen LogP contribution in [0.3, 0.4) is 0 Å². The fraction of sp³-hybridized carbons (Fsp3) is 0.556. The number of aryl methyl sites for hydroxylation is 2. The van der Waals surface area contributed by atoms with Crippen molar-refractivity contribution in [2.75, 3.05) is 25.4 Å². The lowest BCUT2D eigenvalue weighted by atomic mass is 9.98. The molecule has 1 saturated heterocycles. The number of likely N-dealkylation sites (tertiary alicyclic amines) is 1. The van der Waals surface area contributed by atoms with Gasteiger partial charge < -0.3 is 4.90 Å². The molecule has 24 heavy (non-hydrogen) atoms. The van der Waals surface area contributed by atoms with E-state index >= 15 is 0 Å². The summed E-state index contributed by atoms with van der Waals surface area (Å²) in [6.45, 7) is 7.96. The lowest BCUT2D eigenvalue weighted by Gasteiger charge is -2.32. The Hall–Kier alpha value is -1.53. The second-order valence-electron chi connectivity index (χ2n) is 6.56. The van der Waals surface area contributed by atoms with Gasteiger partial charge in [-0.25, -0.2) is 9.67 Å². The van der Waals surface area contributed by atoms with Gasteiger partial charge in [-0.1, -0.05) is 18.2 Å². The molecule has 2 heterocycles. The van der Waals surface area contributed by atoms with E-state index in [-0.39, 0.29) is 0 Å². The highest BCUT2D eigenvalue weighted by atomic mass is 32.2. The van der Waals surface area contributed by atoms with E-state index in [1.807, 2.05) is 48.9 Å². The Labute approximate surface area is 146 Å². The quantitative estimate of drug-likeness (QED) is 0.806. The van der Waals surface area contributed by atoms with Gasteiger partial charge in [0.1, 0.15) is 11.6 Å². The van der Waals surface area contributed by atoms with Gasteiger partial charge in [0.25, 0.3) is 0 Å². The molecule has 5 nitrogen and oxygen atoms in total. The minimum Gasteiger partial charge on any atom is -0.302 e. The summed E-state index contributed by atoms with van der Waals surface area (Å²) < 4.78 is 14.4. The summed E-state index contributed by atoms with van der Waals surface area (Å²) in [5.74, 6) is 3.15. The van der Waals surface area contributed by atoms with Gasteiger partial charge in [-0.2, -0.15) is 5.10 Å². The fourth-order valence-corrected chi connectivity index (χ4v) is 4.50. The fourth-order valence-electron chi connectivity index (χ4n) is 3.38. The molecule has 130 valence electrons. The first kappa shape index (κ1) is 17.3. The molecule has 0 spiro atoms. The molecule has 2 atom stereocenters. The second-order valence-corrected chi connectivity index (χ2v) is 8.13. The van der Waals surface area contributed by atoms with Crippen LogP contribution < -0.4 is 0 Å². The van der Waals surface area contributed by atoms with Crippen LogP contribution >= 0.6 is 0 Å². The average Bonchev–Trinajstić information content (AvgIpc) is 2.91. The van der Waals surface area contributed by atoms with Gasteiger partial charge in [-0.05, 0) is 51.3 Å². The molecule has 1 aliphatic heterocycles. The topological polar surface area (TPSA) is 51.0 Å². The summed E-state index contributed by atoms with van der Waals surface area (Å²) in [5.41, 5.74) is 0. The van der Waals surface area contributed by atoms with Crippen LogP contribution in [0.15, 0.2) is 35.2 Å². The third-order valence-electron chi connectivity index (χ3n) is 4.60. The molecule has 0 N–H and O–H groups in total. The Bertz CT molecular complexity index is 686. The third-order valence-corrected chi connectivity index (χ3v) is 5.95. The Morgan fingerprint density at radius 2 is 2.04 bits per heavy atom. The Morgan fingerprint density at radius 1 is 1.25 bits per heavy atom. The number of aromatic nitrogens is 3. The summed E-state index contributed by atoms with van der Waals surface area (Å²) in [5, 5.41) is 4.48. The number of piperidine rings is 1. The number of nitrogens with zero attached hydrogens (tertiary/aromatic N) is 4. The predicted molar refractivity (Wildman–Crippen MR) is 96.4 cm³/mol. The summed E-state index contributed by atoms with van der Waals surface area (Å²) in [7, 11) is -0.904. The normalized spacial score (nSPS) is 20.2. The van der Waals surface area contributed by atoms with Crippen molar-refractivity contribution >= 4 is 10.8 Å². The van der Waals surface area contributed by atoms with E-state index in [0.29, 0.717) is 11.7 Å². The average molecular weight is 346 g/mol. The minimum absolute atomic E-state index is 0.601. The monoisotopic (exact) mass is 346 g/mol. The summed E-state index contributed by atoms with van der Waals surface area (Å²) >= 11 is 0. The maximum atomic E-state index is 12.4. The number of benzene rings is 1. The Kier molecular flexibility index (Phi) is 5.79. The molecule has 0 radical (unpaired) electrons. The Morgan fingerprint density at radius 3 is 2.75 bits per heavy atom. The molecule has 0 saturated carbocycles. The van der Waals surface area contributed by atoms with Crippen molar-refractivity contribution in [1.82, 2.24) is 19.7 Å². The van der Waals surface area contributed by atoms with E-state index in [0.717, 1.165) is 42.7 Å². The highest BCUT2D eigenvalue weighted by Crippen LogP contribution is 2.19. The highest BCUT2D eigenvalue weighted by Gasteiger charge is 2.21. The van der Waals surface area contributed by atoms with Gasteiger partial charge in [0.05, 0.1) is 10.8 Å². The molecule has 0 unspecified atom stereocenters. The molecule has 6 heteroatoms. The van der Waals surface area contributed by atoms with Gasteiger partial charge in [-0.3, -0.25) is 4.21 Å². The SMILES string of the molecule is Cc1nc(C)n(C[C@@H]2CCCN(CC[S@@](=O)c3ccccc3)C2)n1. The van der Waals surface area contributed by atoms with Crippen molar-refractivity contribution < 1.29 is 4.21 Å². The van der Waals surface area contributed by atoms with Crippen molar-refractivity contribution in [2.45, 2.75) is 38.1 Å². The number of hydrogen-bond acceptors (Lipinski definition) is 4. The van der Waals surface area contributed by atoms with E-state index in [9.17, 15) is 4.21 Å². The van der Waals surface area contributed by atoms with Crippen LogP contribution in [0.1, 0.15) is 24.5 Å². The van der Waals surface area contributed by atoms with Crippen molar-refractivity contribution in [3.63, 3.8) is 0 Å². The maximum Gasteiger partial charge on any atom is 0.147 e. The largest absolute Gasteiger partial charge is 0.302 e. The molecule has 2 aromatic rings. The van der Waals surface area contributed by atoms with E-state index in [2.05, 4.69) is 15.0 Å². The minimum atomic E-state index is -0.904. The van der Waals surface area contributed by atoms with Crippen LogP contribution in [-0.4, -0.2) is 49.3 Å². The van der Waals surface area contributed by atoms with Gasteiger partial charge in [0, 0.05) is 30.3 Å². The highest BCUT2D eigenvalue weighted by molar-refractivity contribution is 7.85. The second kappa shape index (κ2) is 8.03. The van der Waals surface area contributed by atoms with Crippen molar-refractivity contribution in [1.29, 1.82) is 0 Å². The summed E-state index contributed by atoms with van der Waals surface area (Å²) in [4.78, 5) is 7.77. The van der Waals surface area contributed by atoms with Crippen LogP contribution in [0.25, 0.3) is 0 Å². The van der Waals surface area contributed by atoms with Crippen molar-refractivity contribution in [3.8, 4) is 0 Å². The van der Waals surface area contributed by atoms with Crippen LogP contribution in [0, 0.1) is 19.8 Å². The maximum absolute atomic E-state index is 12.4. The van der Waals surface area contributed by atoms with Crippen LogP contribution in [0.2, 0.25) is 0 Å². The molecule has 0 aliphatic carbocycles. The van der Waals surface area contributed by atoms with E-state index < -0.39 is 10.8 Å². The first-order chi connectivity index (χ1) is 11.6. The summed E-state index contributed by atoms with van der Waals surface area (Å²) in [6, 6.07) is 9.76. The molecule has 1 aromatic heterocycles.